The Balaban J connectivity index is 1.24. The maximum Gasteiger partial charge on any atom is 0.240 e. The van der Waals surface area contributed by atoms with Crippen molar-refractivity contribution in [2.75, 3.05) is 26.2 Å². The third kappa shape index (κ3) is 5.39. The van der Waals surface area contributed by atoms with Crippen LogP contribution in [0.5, 0.6) is 5.75 Å². The molecule has 1 aromatic heterocycles. The number of benzene rings is 2. The van der Waals surface area contributed by atoms with Crippen molar-refractivity contribution in [2.45, 2.75) is 45.8 Å². The number of fused-ring (bicyclic) bond motifs is 1. The van der Waals surface area contributed by atoms with Crippen molar-refractivity contribution in [1.82, 2.24) is 15.3 Å². The highest BCUT2D eigenvalue weighted by Gasteiger charge is 2.25. The van der Waals surface area contributed by atoms with Gasteiger partial charge in [0.1, 0.15) is 17.9 Å². The van der Waals surface area contributed by atoms with Crippen molar-refractivity contribution in [3.05, 3.63) is 48.0 Å². The molecule has 3 heterocycles. The fourth-order valence-electron chi connectivity index (χ4n) is 4.88. The molecule has 8 heteroatoms. The summed E-state index contributed by atoms with van der Waals surface area (Å²) in [6.45, 7) is 9.68. The number of carbonyl (C=O) groups excluding carboxylic acids is 1. The molecule has 0 spiro atoms. The Morgan fingerprint density at radius 1 is 1.09 bits per heavy atom. The number of nitrogens with zero attached hydrogens (tertiary/aromatic N) is 3. The molecule has 1 amide bonds. The summed E-state index contributed by atoms with van der Waals surface area (Å²) in [6.07, 6.45) is 1.82. The number of carbonyl (C=O) groups is 1. The number of aromatic nitrogens is 1. The molecule has 1 unspecified atom stereocenters. The topological polar surface area (TPSA) is 89.2 Å². The number of hydrazone groups is 1. The number of ether oxygens (including phenoxy) is 2. The van der Waals surface area contributed by atoms with Crippen molar-refractivity contribution in [1.29, 1.82) is 0 Å². The van der Waals surface area contributed by atoms with Crippen LogP contribution in [-0.4, -0.2) is 60.0 Å². The van der Waals surface area contributed by atoms with Crippen LogP contribution in [0.4, 0.5) is 0 Å². The molecule has 1 saturated heterocycles. The number of amides is 1. The zero-order valence-corrected chi connectivity index (χ0v) is 20.5. The van der Waals surface area contributed by atoms with Crippen LogP contribution in [0.2, 0.25) is 0 Å². The van der Waals surface area contributed by atoms with Crippen LogP contribution in [-0.2, 0) is 9.53 Å². The van der Waals surface area contributed by atoms with Gasteiger partial charge in [0.2, 0.25) is 11.8 Å². The van der Waals surface area contributed by atoms with Crippen LogP contribution in [0.25, 0.3) is 22.6 Å². The van der Waals surface area contributed by atoms with Gasteiger partial charge in [0.05, 0.1) is 17.9 Å². The summed E-state index contributed by atoms with van der Waals surface area (Å²) in [5.74, 6) is 1.45. The molecule has 184 valence electrons. The van der Waals surface area contributed by atoms with E-state index in [1.54, 1.807) is 0 Å². The number of hydrogen-bond acceptors (Lipinski definition) is 7. The number of morpholine rings is 1. The van der Waals surface area contributed by atoms with Gasteiger partial charge in [-0.25, -0.2) is 10.4 Å². The van der Waals surface area contributed by atoms with Crippen molar-refractivity contribution in [3.8, 4) is 17.2 Å². The molecule has 5 rings (SSSR count). The Bertz CT molecular complexity index is 1210. The lowest BCUT2D eigenvalue weighted by Gasteiger charge is -2.35. The first-order valence-corrected chi connectivity index (χ1v) is 12.4. The van der Waals surface area contributed by atoms with Crippen LogP contribution >= 0.6 is 0 Å². The van der Waals surface area contributed by atoms with Gasteiger partial charge in [0.15, 0.2) is 5.58 Å². The fourth-order valence-corrected chi connectivity index (χ4v) is 4.88. The van der Waals surface area contributed by atoms with Gasteiger partial charge in [-0.2, -0.15) is 5.10 Å². The quantitative estimate of drug-likeness (QED) is 0.549. The maximum absolute atomic E-state index is 11.7. The molecular weight excluding hydrogens is 444 g/mol. The second-order valence-corrected chi connectivity index (χ2v) is 9.43. The van der Waals surface area contributed by atoms with E-state index in [9.17, 15) is 4.79 Å². The third-order valence-corrected chi connectivity index (χ3v) is 6.57. The van der Waals surface area contributed by atoms with Gasteiger partial charge < -0.3 is 13.9 Å². The number of oxazole rings is 1. The van der Waals surface area contributed by atoms with E-state index in [-0.39, 0.29) is 24.0 Å². The standard InChI is InChI=1S/C27H32N4O4/c1-4-19-14-25(32)29-30-26(19)21-7-10-23-24(13-21)35-27(28-23)20-5-8-22(9-6-20)33-12-11-31-15-17(2)34-18(3)16-31/h5-10,13,17-19H,4,11-12,14-16H2,1-3H3,(H,29,32)/t17-,18+,19?. The third-order valence-electron chi connectivity index (χ3n) is 6.57. The zero-order valence-electron chi connectivity index (χ0n) is 20.5. The molecule has 1 N–H and O–H groups in total. The average Bonchev–Trinajstić information content (AvgIpc) is 3.27. The highest BCUT2D eigenvalue weighted by molar-refractivity contribution is 6.07. The van der Waals surface area contributed by atoms with Crippen molar-refractivity contribution >= 4 is 22.7 Å². The Hall–Kier alpha value is -3.23. The van der Waals surface area contributed by atoms with E-state index in [4.69, 9.17) is 13.9 Å². The second kappa shape index (κ2) is 10.2. The van der Waals surface area contributed by atoms with Gasteiger partial charge >= 0.3 is 0 Å². The predicted octanol–water partition coefficient (Wildman–Crippen LogP) is 4.23. The second-order valence-electron chi connectivity index (χ2n) is 9.43. The van der Waals surface area contributed by atoms with Gasteiger partial charge in [-0.05, 0) is 56.7 Å². The molecular formula is C27H32N4O4. The van der Waals surface area contributed by atoms with E-state index in [2.05, 4.69) is 41.2 Å². The normalized spacial score (nSPS) is 23.2. The van der Waals surface area contributed by atoms with Crippen molar-refractivity contribution < 1.29 is 18.7 Å². The van der Waals surface area contributed by atoms with E-state index in [0.29, 0.717) is 24.5 Å². The summed E-state index contributed by atoms with van der Waals surface area (Å²) in [4.78, 5) is 18.7. The van der Waals surface area contributed by atoms with Crippen LogP contribution in [0, 0.1) is 5.92 Å². The molecule has 2 aliphatic heterocycles. The van der Waals surface area contributed by atoms with Crippen LogP contribution in [0.1, 0.15) is 39.2 Å². The van der Waals surface area contributed by atoms with E-state index in [1.165, 1.54) is 0 Å². The van der Waals surface area contributed by atoms with Crippen LogP contribution < -0.4 is 10.2 Å². The Morgan fingerprint density at radius 3 is 2.57 bits per heavy atom. The highest BCUT2D eigenvalue weighted by atomic mass is 16.5. The monoisotopic (exact) mass is 476 g/mol. The summed E-state index contributed by atoms with van der Waals surface area (Å²) in [6, 6.07) is 13.7. The van der Waals surface area contributed by atoms with E-state index in [0.717, 1.165) is 54.2 Å². The van der Waals surface area contributed by atoms with E-state index in [1.807, 2.05) is 42.5 Å². The first-order valence-electron chi connectivity index (χ1n) is 12.4. The zero-order chi connectivity index (χ0) is 24.4. The molecule has 3 aromatic rings. The van der Waals surface area contributed by atoms with Gasteiger partial charge in [0, 0.05) is 43.1 Å². The summed E-state index contributed by atoms with van der Waals surface area (Å²) in [7, 11) is 0. The maximum atomic E-state index is 11.7. The smallest absolute Gasteiger partial charge is 0.240 e. The minimum Gasteiger partial charge on any atom is -0.492 e. The van der Waals surface area contributed by atoms with Gasteiger partial charge in [0.25, 0.3) is 0 Å². The van der Waals surface area contributed by atoms with Crippen LogP contribution in [0.3, 0.4) is 0 Å². The van der Waals surface area contributed by atoms with Gasteiger partial charge in [-0.3, -0.25) is 9.69 Å². The van der Waals surface area contributed by atoms with Gasteiger partial charge in [-0.15, -0.1) is 0 Å². The molecule has 3 atom stereocenters. The number of hydrogen-bond donors (Lipinski definition) is 1. The van der Waals surface area contributed by atoms with E-state index < -0.39 is 0 Å². The predicted molar refractivity (Wildman–Crippen MR) is 134 cm³/mol. The largest absolute Gasteiger partial charge is 0.492 e. The van der Waals surface area contributed by atoms with Crippen LogP contribution in [0.15, 0.2) is 52.0 Å². The highest BCUT2D eigenvalue weighted by Crippen LogP contribution is 2.28. The lowest BCUT2D eigenvalue weighted by atomic mass is 9.90. The molecule has 2 aliphatic rings. The fraction of sp³-hybridized carbons (Fsp3) is 0.444. The van der Waals surface area contributed by atoms with Crippen molar-refractivity contribution in [2.24, 2.45) is 11.0 Å². The Morgan fingerprint density at radius 2 is 1.83 bits per heavy atom. The minimum atomic E-state index is -0.0404. The lowest BCUT2D eigenvalue weighted by Crippen LogP contribution is -2.46. The molecule has 1 fully saturated rings. The molecule has 8 nitrogen and oxygen atoms in total. The summed E-state index contributed by atoms with van der Waals surface area (Å²) < 4.78 is 17.8. The van der Waals surface area contributed by atoms with E-state index >= 15 is 0 Å². The first kappa shape index (κ1) is 23.5. The first-order chi connectivity index (χ1) is 17.0. The molecule has 2 aromatic carbocycles. The molecule has 35 heavy (non-hydrogen) atoms. The summed E-state index contributed by atoms with van der Waals surface area (Å²) >= 11 is 0. The minimum absolute atomic E-state index is 0.0404. The number of nitrogens with one attached hydrogen (secondary N) is 1. The molecule has 0 aliphatic carbocycles. The number of rotatable bonds is 7. The molecule has 0 bridgehead atoms. The average molecular weight is 477 g/mol. The van der Waals surface area contributed by atoms with Crippen molar-refractivity contribution in [3.63, 3.8) is 0 Å². The summed E-state index contributed by atoms with van der Waals surface area (Å²) in [5, 5.41) is 4.31. The summed E-state index contributed by atoms with van der Waals surface area (Å²) in [5.41, 5.74) is 6.79. The molecule has 0 saturated carbocycles. The molecule has 0 radical (unpaired) electrons. The van der Waals surface area contributed by atoms with Gasteiger partial charge in [-0.1, -0.05) is 13.0 Å². The lowest BCUT2D eigenvalue weighted by molar-refractivity contribution is -0.122. The Labute approximate surface area is 205 Å². The SMILES string of the molecule is CCC1CC(=O)NN=C1c1ccc2nc(-c3ccc(OCCN4C[C@@H](C)O[C@@H](C)C4)cc3)oc2c1. The Kier molecular flexibility index (Phi) is 6.83.